The third-order valence-corrected chi connectivity index (χ3v) is 10.7. The van der Waals surface area contributed by atoms with Crippen LogP contribution >= 0.6 is 0 Å². The van der Waals surface area contributed by atoms with Gasteiger partial charge in [-0.15, -0.1) is 0 Å². The van der Waals surface area contributed by atoms with Gasteiger partial charge >= 0.3 is 0 Å². The van der Waals surface area contributed by atoms with Crippen LogP contribution in [0.3, 0.4) is 0 Å². The molecule has 11 aromatic rings. The van der Waals surface area contributed by atoms with Crippen molar-refractivity contribution in [3.8, 4) is 39.1 Å². The summed E-state index contributed by atoms with van der Waals surface area (Å²) in [5.41, 5.74) is 14.8. The van der Waals surface area contributed by atoms with E-state index in [0.717, 1.165) is 5.69 Å². The first-order valence-corrected chi connectivity index (χ1v) is 17.3. The van der Waals surface area contributed by atoms with Gasteiger partial charge in [-0.2, -0.15) is 0 Å². The van der Waals surface area contributed by atoms with Gasteiger partial charge in [-0.3, -0.25) is 0 Å². The summed E-state index contributed by atoms with van der Waals surface area (Å²) in [7, 11) is 0. The van der Waals surface area contributed by atoms with Gasteiger partial charge in [-0.1, -0.05) is 133 Å². The van der Waals surface area contributed by atoms with Crippen molar-refractivity contribution in [3.05, 3.63) is 182 Å². The van der Waals surface area contributed by atoms with Gasteiger partial charge in [0.15, 0.2) is 0 Å². The summed E-state index contributed by atoms with van der Waals surface area (Å²) >= 11 is 0. The van der Waals surface area contributed by atoms with Gasteiger partial charge in [-0.05, 0) is 81.9 Å². The minimum absolute atomic E-state index is 1.16. The Bertz CT molecular complexity index is 3050. The number of nitrogens with zero attached hydrogens (tertiary/aromatic N) is 2. The van der Waals surface area contributed by atoms with E-state index in [0.29, 0.717) is 0 Å². The Balaban J connectivity index is 1.01. The Morgan fingerprint density at radius 1 is 0.260 bits per heavy atom. The summed E-state index contributed by atoms with van der Waals surface area (Å²) in [6.45, 7) is 0. The van der Waals surface area contributed by atoms with Crippen molar-refractivity contribution in [1.82, 2.24) is 8.97 Å². The Hall–Kier alpha value is -6.64. The van der Waals surface area contributed by atoms with E-state index < -0.39 is 0 Å². The quantitative estimate of drug-likeness (QED) is 0.182. The van der Waals surface area contributed by atoms with E-state index >= 15 is 0 Å². The van der Waals surface area contributed by atoms with Crippen LogP contribution in [0.2, 0.25) is 0 Å². The van der Waals surface area contributed by atoms with Gasteiger partial charge in [0.25, 0.3) is 0 Å². The zero-order valence-electron chi connectivity index (χ0n) is 27.2. The Kier molecular flexibility index (Phi) is 5.70. The third-order valence-electron chi connectivity index (χ3n) is 10.7. The molecule has 0 atom stereocenters. The maximum atomic E-state index is 2.45. The second-order valence-electron chi connectivity index (χ2n) is 13.4. The van der Waals surface area contributed by atoms with Gasteiger partial charge in [0, 0.05) is 38.0 Å². The third kappa shape index (κ3) is 3.90. The Labute approximate surface area is 289 Å². The molecular weight excluding hydrogens is 605 g/mol. The standard InChI is InChI=1S/C48H30N2/c1-2-9-31(10-3-1)32-17-19-33(20-18-32)34-21-25-37(26-22-34)49-44-15-6-5-12-39(44)42-29-35(23-27-46(42)49)36-24-28-47-43(30-36)41-14-8-13-40-38-11-4-7-16-45(38)50(47)48(40)41/h1-30H. The predicted molar refractivity (Wildman–Crippen MR) is 212 cm³/mol. The lowest BCUT2D eigenvalue weighted by Crippen LogP contribution is -1.93. The van der Waals surface area contributed by atoms with Crippen LogP contribution in [-0.2, 0) is 0 Å². The van der Waals surface area contributed by atoms with Gasteiger partial charge in [-0.25, -0.2) is 0 Å². The van der Waals surface area contributed by atoms with Crippen molar-refractivity contribution in [3.63, 3.8) is 0 Å². The second kappa shape index (κ2) is 10.4. The fourth-order valence-corrected chi connectivity index (χ4v) is 8.33. The molecule has 0 aliphatic rings. The lowest BCUT2D eigenvalue weighted by molar-refractivity contribution is 1.18. The number of hydrogen-bond donors (Lipinski definition) is 0. The highest BCUT2D eigenvalue weighted by atomic mass is 15.0. The largest absolute Gasteiger partial charge is 0.309 e. The summed E-state index contributed by atoms with van der Waals surface area (Å²) in [6.07, 6.45) is 0. The molecule has 0 fully saturated rings. The van der Waals surface area contributed by atoms with Gasteiger partial charge in [0.2, 0.25) is 0 Å². The van der Waals surface area contributed by atoms with E-state index in [1.807, 2.05) is 0 Å². The lowest BCUT2D eigenvalue weighted by Gasteiger charge is -2.10. The number of fused-ring (bicyclic) bond motifs is 9. The SMILES string of the molecule is c1ccc(-c2ccc(-c3ccc(-n4c5ccccc5c5cc(-c6ccc7c(c6)c6cccc8c9ccccc9n7c86)ccc54)cc3)cc2)cc1. The van der Waals surface area contributed by atoms with Crippen LogP contribution in [0.25, 0.3) is 99.0 Å². The number of rotatable bonds is 4. The van der Waals surface area contributed by atoms with Crippen molar-refractivity contribution in [1.29, 1.82) is 0 Å². The van der Waals surface area contributed by atoms with Gasteiger partial charge in [0.05, 0.1) is 27.6 Å². The van der Waals surface area contributed by atoms with E-state index in [1.165, 1.54) is 93.3 Å². The van der Waals surface area contributed by atoms with Gasteiger partial charge < -0.3 is 8.97 Å². The summed E-state index contributed by atoms with van der Waals surface area (Å²) in [4.78, 5) is 0. The van der Waals surface area contributed by atoms with Gasteiger partial charge in [0.1, 0.15) is 0 Å². The molecule has 2 nitrogen and oxygen atoms in total. The summed E-state index contributed by atoms with van der Waals surface area (Å²) < 4.78 is 4.85. The molecule has 0 bridgehead atoms. The molecule has 0 amide bonds. The fraction of sp³-hybridized carbons (Fsp3) is 0. The second-order valence-corrected chi connectivity index (χ2v) is 13.4. The van der Waals surface area contributed by atoms with Crippen molar-refractivity contribution >= 4 is 59.9 Å². The first kappa shape index (κ1) is 27.3. The van der Waals surface area contributed by atoms with Crippen LogP contribution in [0.1, 0.15) is 0 Å². The summed E-state index contributed by atoms with van der Waals surface area (Å²) in [5.74, 6) is 0. The minimum Gasteiger partial charge on any atom is -0.309 e. The monoisotopic (exact) mass is 634 g/mol. The maximum absolute atomic E-state index is 2.45. The van der Waals surface area contributed by atoms with Crippen LogP contribution < -0.4 is 0 Å². The molecule has 8 aromatic carbocycles. The molecule has 0 spiro atoms. The average molecular weight is 635 g/mol. The van der Waals surface area contributed by atoms with E-state index in [9.17, 15) is 0 Å². The topological polar surface area (TPSA) is 9.34 Å². The first-order valence-electron chi connectivity index (χ1n) is 17.3. The molecule has 2 heteroatoms. The highest BCUT2D eigenvalue weighted by Crippen LogP contribution is 2.41. The van der Waals surface area contributed by atoms with Crippen LogP contribution in [0.5, 0.6) is 0 Å². The zero-order valence-corrected chi connectivity index (χ0v) is 27.2. The minimum atomic E-state index is 1.16. The lowest BCUT2D eigenvalue weighted by atomic mass is 10.00. The van der Waals surface area contributed by atoms with Crippen molar-refractivity contribution in [2.45, 2.75) is 0 Å². The molecular formula is C48H30N2. The molecule has 0 aliphatic heterocycles. The van der Waals surface area contributed by atoms with Crippen LogP contribution in [0.15, 0.2) is 182 Å². The van der Waals surface area contributed by atoms with Crippen LogP contribution in [0.4, 0.5) is 0 Å². The van der Waals surface area contributed by atoms with E-state index in [4.69, 9.17) is 0 Å². The number of aromatic nitrogens is 2. The molecule has 3 heterocycles. The molecule has 0 aliphatic carbocycles. The van der Waals surface area contributed by atoms with E-state index in [2.05, 4.69) is 191 Å². The molecule has 0 saturated heterocycles. The highest BCUT2D eigenvalue weighted by Gasteiger charge is 2.18. The summed E-state index contributed by atoms with van der Waals surface area (Å²) in [6, 6.07) is 66.6. The number of para-hydroxylation sites is 3. The molecule has 11 rings (SSSR count). The Morgan fingerprint density at radius 3 is 1.36 bits per heavy atom. The van der Waals surface area contributed by atoms with Crippen LogP contribution in [-0.4, -0.2) is 8.97 Å². The Morgan fingerprint density at radius 2 is 0.680 bits per heavy atom. The van der Waals surface area contributed by atoms with Crippen molar-refractivity contribution in [2.75, 3.05) is 0 Å². The molecule has 0 radical (unpaired) electrons. The molecule has 50 heavy (non-hydrogen) atoms. The predicted octanol–water partition coefficient (Wildman–Crippen LogP) is 12.9. The van der Waals surface area contributed by atoms with Crippen molar-refractivity contribution < 1.29 is 0 Å². The molecule has 0 N–H and O–H groups in total. The first-order chi connectivity index (χ1) is 24.8. The number of benzene rings is 8. The van der Waals surface area contributed by atoms with Crippen LogP contribution in [0, 0.1) is 0 Å². The zero-order chi connectivity index (χ0) is 32.8. The highest BCUT2D eigenvalue weighted by molar-refractivity contribution is 6.23. The molecule has 3 aromatic heterocycles. The molecule has 232 valence electrons. The number of hydrogen-bond acceptors (Lipinski definition) is 0. The average Bonchev–Trinajstić information content (AvgIpc) is 3.83. The smallest absolute Gasteiger partial charge is 0.0620 e. The maximum Gasteiger partial charge on any atom is 0.0620 e. The van der Waals surface area contributed by atoms with E-state index in [-0.39, 0.29) is 0 Å². The fourth-order valence-electron chi connectivity index (χ4n) is 8.33. The molecule has 0 unspecified atom stereocenters. The van der Waals surface area contributed by atoms with E-state index in [1.54, 1.807) is 0 Å². The summed E-state index contributed by atoms with van der Waals surface area (Å²) in [5, 5.41) is 7.76. The molecule has 0 saturated carbocycles. The van der Waals surface area contributed by atoms with Crippen molar-refractivity contribution in [2.24, 2.45) is 0 Å². The normalized spacial score (nSPS) is 12.0.